The van der Waals surface area contributed by atoms with E-state index in [2.05, 4.69) is 32.1 Å². The highest BCUT2D eigenvalue weighted by molar-refractivity contribution is 5.87. The minimum atomic E-state index is -1.13. The zero-order valence-corrected chi connectivity index (χ0v) is 31.6. The molecule has 2 fully saturated rings. The Morgan fingerprint density at radius 3 is 2.22 bits per heavy atom. The number of likely N-dealkylation sites (tertiary alicyclic amines) is 2. The third-order valence-corrected chi connectivity index (χ3v) is 10.4. The molecule has 0 aliphatic carbocycles. The van der Waals surface area contributed by atoms with Gasteiger partial charge in [0.15, 0.2) is 0 Å². The van der Waals surface area contributed by atoms with Crippen LogP contribution in [-0.2, 0) is 14.3 Å². The number of H-pyrrole nitrogens is 2. The number of amides is 4. The van der Waals surface area contributed by atoms with E-state index in [9.17, 15) is 24.3 Å². The van der Waals surface area contributed by atoms with Gasteiger partial charge in [-0.1, -0.05) is 51.7 Å². The first kappa shape index (κ1) is 37.9. The summed E-state index contributed by atoms with van der Waals surface area (Å²) in [5, 5.41) is 12.3. The minimum absolute atomic E-state index is 0.120. The fourth-order valence-corrected chi connectivity index (χ4v) is 7.62. The van der Waals surface area contributed by atoms with Crippen LogP contribution in [0.5, 0.6) is 0 Å². The fraction of sp³-hybridized carbons (Fsp3) is 0.450. The van der Waals surface area contributed by atoms with E-state index in [1.807, 2.05) is 75.1 Å². The number of methoxy groups -OCH3 is 1. The lowest BCUT2D eigenvalue weighted by Crippen LogP contribution is -2.51. The molecule has 2 saturated heterocycles. The number of likely N-dealkylation sites (N-methyl/N-ethyl adjacent to an activating group) is 1. The summed E-state index contributed by atoms with van der Waals surface area (Å²) in [4.78, 5) is 71.7. The number of benzene rings is 2. The van der Waals surface area contributed by atoms with Crippen LogP contribution in [0, 0.1) is 23.7 Å². The molecule has 2 aromatic carbocycles. The second-order valence-electron chi connectivity index (χ2n) is 14.7. The molecule has 14 nitrogen and oxygen atoms in total. The van der Waals surface area contributed by atoms with Gasteiger partial charge in [-0.25, -0.2) is 19.6 Å². The number of aromatic nitrogens is 4. The van der Waals surface area contributed by atoms with Crippen LogP contribution < -0.4 is 5.32 Å². The van der Waals surface area contributed by atoms with Gasteiger partial charge in [0.25, 0.3) is 0 Å². The summed E-state index contributed by atoms with van der Waals surface area (Å²) < 4.78 is 4.76. The van der Waals surface area contributed by atoms with Crippen molar-refractivity contribution in [2.24, 2.45) is 11.8 Å². The summed E-state index contributed by atoms with van der Waals surface area (Å²) in [6, 6.07) is 11.6. The Hall–Kier alpha value is -5.84. The Labute approximate surface area is 314 Å². The zero-order valence-electron chi connectivity index (χ0n) is 31.6. The summed E-state index contributed by atoms with van der Waals surface area (Å²) in [7, 11) is 2.72. The molecule has 4 N–H and O–H groups in total. The van der Waals surface area contributed by atoms with Crippen molar-refractivity contribution in [1.29, 1.82) is 0 Å². The smallest absolute Gasteiger partial charge is 0.407 e. The number of alkyl carbamates (subject to hydrolysis) is 1. The van der Waals surface area contributed by atoms with Crippen molar-refractivity contribution in [3.05, 3.63) is 71.4 Å². The summed E-state index contributed by atoms with van der Waals surface area (Å²) in [5.41, 5.74) is 5.69. The maximum atomic E-state index is 13.6. The number of fused-ring (bicyclic) bond motifs is 1. The lowest BCUT2D eigenvalue weighted by molar-refractivity contribution is -0.138. The van der Waals surface area contributed by atoms with Crippen LogP contribution in [0.3, 0.4) is 0 Å². The van der Waals surface area contributed by atoms with Gasteiger partial charge in [-0.15, -0.1) is 0 Å². The van der Waals surface area contributed by atoms with E-state index in [-0.39, 0.29) is 35.7 Å². The summed E-state index contributed by atoms with van der Waals surface area (Å²) in [6.45, 7) is 8.62. The normalized spacial score (nSPS) is 18.1. The van der Waals surface area contributed by atoms with E-state index in [1.54, 1.807) is 11.2 Å². The first-order valence-electron chi connectivity index (χ1n) is 18.4. The molecule has 4 heterocycles. The van der Waals surface area contributed by atoms with E-state index < -0.39 is 24.3 Å². The van der Waals surface area contributed by atoms with Gasteiger partial charge in [0, 0.05) is 36.8 Å². The Balaban J connectivity index is 1.16. The number of carbonyl (C=O) groups is 4. The molecule has 4 aromatic rings. The quantitative estimate of drug-likeness (QED) is 0.158. The topological polar surface area (TPSA) is 177 Å². The molecule has 0 bridgehead atoms. The van der Waals surface area contributed by atoms with Crippen LogP contribution in [0.25, 0.3) is 22.3 Å². The first-order valence-corrected chi connectivity index (χ1v) is 18.4. The van der Waals surface area contributed by atoms with Gasteiger partial charge in [-0.05, 0) is 67.9 Å². The number of nitrogens with one attached hydrogen (secondary N) is 3. The predicted molar refractivity (Wildman–Crippen MR) is 202 cm³/mol. The SMILES string of the molecule is COC(=O)N[C@H](C(=O)N1CCC[C@H]1c1[nH]cnc1-c1ccc(C#Cc2ccc3nc([C@@H]4CCCN4C(=O)[C@H](C(C)C)N(C)C(=O)O)[nH]c3c2)cc1)C(C)C. The highest BCUT2D eigenvalue weighted by Gasteiger charge is 2.40. The van der Waals surface area contributed by atoms with Gasteiger partial charge in [0.1, 0.15) is 17.9 Å². The minimum Gasteiger partial charge on any atom is -0.465 e. The second kappa shape index (κ2) is 16.0. The molecule has 0 unspecified atom stereocenters. The van der Waals surface area contributed by atoms with Crippen LogP contribution in [-0.4, -0.2) is 103 Å². The molecule has 6 rings (SSSR count). The fourth-order valence-electron chi connectivity index (χ4n) is 7.62. The summed E-state index contributed by atoms with van der Waals surface area (Å²) >= 11 is 0. The average Bonchev–Trinajstić information content (AvgIpc) is 3.98. The lowest BCUT2D eigenvalue weighted by Gasteiger charge is -2.33. The maximum Gasteiger partial charge on any atom is 0.407 e. The van der Waals surface area contributed by atoms with E-state index in [1.165, 1.54) is 14.2 Å². The molecular weight excluding hydrogens is 688 g/mol. The predicted octanol–water partition coefficient (Wildman–Crippen LogP) is 5.69. The van der Waals surface area contributed by atoms with Gasteiger partial charge in [0.05, 0.1) is 47.9 Å². The third kappa shape index (κ3) is 7.76. The molecule has 2 aliphatic heterocycles. The van der Waals surface area contributed by atoms with Crippen molar-refractivity contribution in [1.82, 2.24) is 40.0 Å². The maximum absolute atomic E-state index is 13.6. The van der Waals surface area contributed by atoms with Gasteiger partial charge in [0.2, 0.25) is 11.8 Å². The Morgan fingerprint density at radius 1 is 0.926 bits per heavy atom. The molecule has 284 valence electrons. The zero-order chi connectivity index (χ0) is 38.7. The average molecular weight is 737 g/mol. The molecule has 2 aliphatic rings. The number of carboxylic acid groups (broad SMARTS) is 1. The third-order valence-electron chi connectivity index (χ3n) is 10.4. The number of imidazole rings is 2. The molecule has 0 radical (unpaired) electrons. The molecular formula is C40H48N8O6. The number of carbonyl (C=O) groups excluding carboxylic acids is 3. The summed E-state index contributed by atoms with van der Waals surface area (Å²) in [6.07, 6.45) is 3.03. The molecule has 0 spiro atoms. The Kier molecular flexibility index (Phi) is 11.3. The molecule has 0 saturated carbocycles. The van der Waals surface area contributed by atoms with Gasteiger partial charge in [-0.3, -0.25) is 14.5 Å². The Bertz CT molecular complexity index is 2080. The number of rotatable bonds is 9. The van der Waals surface area contributed by atoms with E-state index in [0.29, 0.717) is 18.9 Å². The lowest BCUT2D eigenvalue weighted by atomic mass is 10.00. The Morgan fingerprint density at radius 2 is 1.57 bits per heavy atom. The van der Waals surface area contributed by atoms with Crippen molar-refractivity contribution >= 4 is 35.0 Å². The van der Waals surface area contributed by atoms with Crippen molar-refractivity contribution in [3.63, 3.8) is 0 Å². The van der Waals surface area contributed by atoms with Crippen molar-refractivity contribution in [2.75, 3.05) is 27.2 Å². The molecule has 14 heteroatoms. The van der Waals surface area contributed by atoms with E-state index >= 15 is 0 Å². The van der Waals surface area contributed by atoms with E-state index in [4.69, 9.17) is 9.72 Å². The number of hydrogen-bond donors (Lipinski definition) is 4. The van der Waals surface area contributed by atoms with Gasteiger partial charge in [-0.2, -0.15) is 0 Å². The highest BCUT2D eigenvalue weighted by atomic mass is 16.5. The van der Waals surface area contributed by atoms with Gasteiger partial charge >= 0.3 is 12.2 Å². The van der Waals surface area contributed by atoms with Crippen LogP contribution in [0.2, 0.25) is 0 Å². The second-order valence-corrected chi connectivity index (χ2v) is 14.7. The van der Waals surface area contributed by atoms with Crippen LogP contribution >= 0.6 is 0 Å². The first-order chi connectivity index (χ1) is 25.9. The van der Waals surface area contributed by atoms with Gasteiger partial charge < -0.3 is 34.9 Å². The number of ether oxygens (including phenoxy) is 1. The largest absolute Gasteiger partial charge is 0.465 e. The molecule has 54 heavy (non-hydrogen) atoms. The molecule has 2 aromatic heterocycles. The molecule has 4 atom stereocenters. The number of hydrogen-bond acceptors (Lipinski definition) is 7. The monoisotopic (exact) mass is 736 g/mol. The number of nitrogens with zero attached hydrogens (tertiary/aromatic N) is 5. The standard InChI is InChI=1S/C40H48N8O6/c1-23(2)32(45-39(51)54-6)37(49)47-19-7-9-30(47)34-33(41-22-42-34)27-16-13-25(14-17-27)11-12-26-15-18-28-29(21-26)44-36(43-28)31-10-8-20-48(31)38(50)35(24(3)4)46(5)40(52)53/h13-18,21-24,30-32,35H,7-10,19-20H2,1-6H3,(H,41,42)(H,43,44)(H,45,51)(H,52,53)/t30-,31-,32-,35-/m0/s1. The van der Waals surface area contributed by atoms with Crippen molar-refractivity contribution in [3.8, 4) is 23.1 Å². The molecule has 4 amide bonds. The van der Waals surface area contributed by atoms with Crippen LogP contribution in [0.1, 0.15) is 88.1 Å². The summed E-state index contributed by atoms with van der Waals surface area (Å²) in [5.74, 6) is 6.51. The highest BCUT2D eigenvalue weighted by Crippen LogP contribution is 2.37. The van der Waals surface area contributed by atoms with Crippen molar-refractivity contribution < 1.29 is 29.0 Å². The van der Waals surface area contributed by atoms with E-state index in [0.717, 1.165) is 69.7 Å². The van der Waals surface area contributed by atoms with Crippen LogP contribution in [0.4, 0.5) is 9.59 Å². The number of aromatic amines is 2. The van der Waals surface area contributed by atoms with Crippen LogP contribution in [0.15, 0.2) is 48.8 Å². The van der Waals surface area contributed by atoms with Crippen molar-refractivity contribution in [2.45, 2.75) is 77.5 Å².